The summed E-state index contributed by atoms with van der Waals surface area (Å²) in [5.74, 6) is 2.62. The van der Waals surface area contributed by atoms with Crippen molar-refractivity contribution in [1.29, 1.82) is 0 Å². The molecule has 0 aliphatic rings. The van der Waals surface area contributed by atoms with E-state index in [9.17, 15) is 0 Å². The second-order valence-corrected chi connectivity index (χ2v) is 5.62. The van der Waals surface area contributed by atoms with Gasteiger partial charge < -0.3 is 20.1 Å². The van der Waals surface area contributed by atoms with E-state index >= 15 is 0 Å². The molecule has 2 heterocycles. The Bertz CT molecular complexity index is 871. The molecule has 2 N–H and O–H groups in total. The van der Waals surface area contributed by atoms with Crippen molar-refractivity contribution in [2.45, 2.75) is 13.5 Å². The van der Waals surface area contributed by atoms with Gasteiger partial charge in [0.1, 0.15) is 17.3 Å². The number of nitrogens with zero attached hydrogens (tertiary/aromatic N) is 3. The van der Waals surface area contributed by atoms with Crippen LogP contribution < -0.4 is 20.1 Å². The number of rotatable bonds is 7. The Balaban J connectivity index is 1.77. The Morgan fingerprint density at radius 2 is 1.92 bits per heavy atom. The van der Waals surface area contributed by atoms with E-state index in [1.165, 1.54) is 0 Å². The van der Waals surface area contributed by atoms with Gasteiger partial charge in [0.25, 0.3) is 0 Å². The minimum absolute atomic E-state index is 0.545. The molecule has 0 unspecified atom stereocenters. The molecule has 0 fully saturated rings. The molecule has 7 nitrogen and oxygen atoms in total. The SMILES string of the molecule is COc1ccc(Nc2cc(C)nc(NCc3cccnc3)n2)c(OC)c1. The number of aryl methyl sites for hydroxylation is 1. The topological polar surface area (TPSA) is 81.2 Å². The maximum atomic E-state index is 5.42. The van der Waals surface area contributed by atoms with Gasteiger partial charge >= 0.3 is 0 Å². The largest absolute Gasteiger partial charge is 0.497 e. The first-order valence-corrected chi connectivity index (χ1v) is 8.15. The van der Waals surface area contributed by atoms with Crippen LogP contribution in [0.15, 0.2) is 48.8 Å². The molecule has 0 saturated carbocycles. The zero-order valence-corrected chi connectivity index (χ0v) is 15.0. The number of hydrogen-bond donors (Lipinski definition) is 2. The minimum Gasteiger partial charge on any atom is -0.497 e. The number of nitrogens with one attached hydrogen (secondary N) is 2. The maximum absolute atomic E-state index is 5.42. The molecule has 0 spiro atoms. The third kappa shape index (κ3) is 4.38. The Labute approximate surface area is 152 Å². The number of pyridine rings is 1. The summed E-state index contributed by atoms with van der Waals surface area (Å²) in [4.78, 5) is 13.1. The Morgan fingerprint density at radius 3 is 2.65 bits per heavy atom. The average Bonchev–Trinajstić information content (AvgIpc) is 2.67. The van der Waals surface area contributed by atoms with Gasteiger partial charge in [0.2, 0.25) is 5.95 Å². The van der Waals surface area contributed by atoms with Gasteiger partial charge in [-0.1, -0.05) is 6.07 Å². The lowest BCUT2D eigenvalue weighted by molar-refractivity contribution is 0.395. The molecule has 3 rings (SSSR count). The van der Waals surface area contributed by atoms with Crippen molar-refractivity contribution in [3.05, 3.63) is 60.0 Å². The standard InChI is InChI=1S/C19H21N5O2/c1-13-9-18(23-16-7-6-15(25-2)10-17(16)26-3)24-19(22-13)21-12-14-5-4-8-20-11-14/h4-11H,12H2,1-3H3,(H2,21,22,23,24). The smallest absolute Gasteiger partial charge is 0.225 e. The van der Waals surface area contributed by atoms with Gasteiger partial charge in [0.05, 0.1) is 19.9 Å². The molecule has 0 aliphatic carbocycles. The van der Waals surface area contributed by atoms with Crippen molar-refractivity contribution >= 4 is 17.5 Å². The fourth-order valence-corrected chi connectivity index (χ4v) is 2.44. The van der Waals surface area contributed by atoms with Crippen LogP contribution in [0.5, 0.6) is 11.5 Å². The highest BCUT2D eigenvalue weighted by Gasteiger charge is 2.08. The summed E-state index contributed by atoms with van der Waals surface area (Å²) >= 11 is 0. The molecule has 0 amide bonds. The molecule has 26 heavy (non-hydrogen) atoms. The molecule has 3 aromatic rings. The van der Waals surface area contributed by atoms with Gasteiger partial charge in [-0.3, -0.25) is 4.98 Å². The second kappa shape index (κ2) is 8.15. The average molecular weight is 351 g/mol. The van der Waals surface area contributed by atoms with E-state index in [1.54, 1.807) is 20.4 Å². The Morgan fingerprint density at radius 1 is 1.04 bits per heavy atom. The van der Waals surface area contributed by atoms with E-state index in [0.29, 0.717) is 24.1 Å². The fraction of sp³-hybridized carbons (Fsp3) is 0.211. The molecule has 0 radical (unpaired) electrons. The van der Waals surface area contributed by atoms with Gasteiger partial charge in [0.15, 0.2) is 0 Å². The third-order valence-corrected chi connectivity index (χ3v) is 3.70. The maximum Gasteiger partial charge on any atom is 0.225 e. The van der Waals surface area contributed by atoms with E-state index in [1.807, 2.05) is 49.5 Å². The first-order valence-electron chi connectivity index (χ1n) is 8.15. The van der Waals surface area contributed by atoms with Crippen LogP contribution in [0, 0.1) is 6.92 Å². The van der Waals surface area contributed by atoms with E-state index in [4.69, 9.17) is 9.47 Å². The summed E-state index contributed by atoms with van der Waals surface area (Å²) < 4.78 is 10.6. The Hall–Kier alpha value is -3.35. The summed E-state index contributed by atoms with van der Waals surface area (Å²) in [6.45, 7) is 2.52. The molecule has 7 heteroatoms. The first kappa shape index (κ1) is 17.5. The lowest BCUT2D eigenvalue weighted by atomic mass is 10.2. The summed E-state index contributed by atoms with van der Waals surface area (Å²) in [5, 5.41) is 6.49. The van der Waals surface area contributed by atoms with Gasteiger partial charge in [-0.2, -0.15) is 4.98 Å². The van der Waals surface area contributed by atoms with Crippen molar-refractivity contribution < 1.29 is 9.47 Å². The van der Waals surface area contributed by atoms with Gasteiger partial charge in [0, 0.05) is 36.8 Å². The number of anilines is 3. The summed E-state index contributed by atoms with van der Waals surface area (Å²) in [6, 6.07) is 11.3. The number of aromatic nitrogens is 3. The predicted molar refractivity (Wildman–Crippen MR) is 101 cm³/mol. The molecular weight excluding hydrogens is 330 g/mol. The number of methoxy groups -OCH3 is 2. The molecule has 2 aromatic heterocycles. The van der Waals surface area contributed by atoms with Gasteiger partial charge in [-0.05, 0) is 30.7 Å². The van der Waals surface area contributed by atoms with Crippen molar-refractivity contribution in [2.75, 3.05) is 24.9 Å². The minimum atomic E-state index is 0.545. The quantitative estimate of drug-likeness (QED) is 0.673. The van der Waals surface area contributed by atoms with Crippen LogP contribution in [-0.4, -0.2) is 29.2 Å². The van der Waals surface area contributed by atoms with Crippen LogP contribution in [-0.2, 0) is 6.54 Å². The van der Waals surface area contributed by atoms with Crippen LogP contribution in [0.1, 0.15) is 11.3 Å². The van der Waals surface area contributed by atoms with Crippen LogP contribution in [0.2, 0.25) is 0 Å². The summed E-state index contributed by atoms with van der Waals surface area (Å²) in [7, 11) is 3.24. The zero-order valence-electron chi connectivity index (χ0n) is 15.0. The zero-order chi connectivity index (χ0) is 18.4. The van der Waals surface area contributed by atoms with Crippen molar-refractivity contribution in [1.82, 2.24) is 15.0 Å². The number of hydrogen-bond acceptors (Lipinski definition) is 7. The van der Waals surface area contributed by atoms with Crippen LogP contribution in [0.25, 0.3) is 0 Å². The highest BCUT2D eigenvalue weighted by Crippen LogP contribution is 2.31. The number of ether oxygens (including phenoxy) is 2. The van der Waals surface area contributed by atoms with E-state index in [0.717, 1.165) is 22.7 Å². The second-order valence-electron chi connectivity index (χ2n) is 5.62. The molecule has 0 bridgehead atoms. The third-order valence-electron chi connectivity index (χ3n) is 3.70. The lowest BCUT2D eigenvalue weighted by Gasteiger charge is -2.13. The summed E-state index contributed by atoms with van der Waals surface area (Å²) in [6.07, 6.45) is 3.56. The van der Waals surface area contributed by atoms with Crippen molar-refractivity contribution in [3.63, 3.8) is 0 Å². The van der Waals surface area contributed by atoms with Gasteiger partial charge in [-0.25, -0.2) is 4.98 Å². The fourth-order valence-electron chi connectivity index (χ4n) is 2.44. The first-order chi connectivity index (χ1) is 12.7. The van der Waals surface area contributed by atoms with Crippen LogP contribution in [0.4, 0.5) is 17.5 Å². The van der Waals surface area contributed by atoms with Crippen LogP contribution in [0.3, 0.4) is 0 Å². The van der Waals surface area contributed by atoms with Crippen molar-refractivity contribution in [2.24, 2.45) is 0 Å². The summed E-state index contributed by atoms with van der Waals surface area (Å²) in [5.41, 5.74) is 2.71. The highest BCUT2D eigenvalue weighted by molar-refractivity contribution is 5.66. The molecule has 0 aliphatic heterocycles. The molecule has 0 atom stereocenters. The Kier molecular flexibility index (Phi) is 5.48. The van der Waals surface area contributed by atoms with Gasteiger partial charge in [-0.15, -0.1) is 0 Å². The predicted octanol–water partition coefficient (Wildman–Crippen LogP) is 3.55. The number of benzene rings is 1. The van der Waals surface area contributed by atoms with E-state index in [2.05, 4.69) is 25.6 Å². The monoisotopic (exact) mass is 351 g/mol. The van der Waals surface area contributed by atoms with Crippen LogP contribution >= 0.6 is 0 Å². The molecule has 1 aromatic carbocycles. The molecule has 134 valence electrons. The van der Waals surface area contributed by atoms with Crippen molar-refractivity contribution in [3.8, 4) is 11.5 Å². The highest BCUT2D eigenvalue weighted by atomic mass is 16.5. The molecular formula is C19H21N5O2. The van der Waals surface area contributed by atoms with E-state index < -0.39 is 0 Å². The normalized spacial score (nSPS) is 10.3. The molecule has 0 saturated heterocycles. The van der Waals surface area contributed by atoms with E-state index in [-0.39, 0.29) is 0 Å². The lowest BCUT2D eigenvalue weighted by Crippen LogP contribution is -2.06.